The van der Waals surface area contributed by atoms with Gasteiger partial charge in [0.1, 0.15) is 0 Å². The number of guanidine groups is 1. The third kappa shape index (κ3) is 1.46. The number of aliphatic imine (C=N–C) groups is 1. The van der Waals surface area contributed by atoms with Gasteiger partial charge in [0.15, 0.2) is 11.5 Å². The first-order chi connectivity index (χ1) is 6.77. The molecule has 0 bridgehead atoms. The fourth-order valence-electron chi connectivity index (χ4n) is 1.38. The number of ether oxygens (including phenoxy) is 2. The zero-order chi connectivity index (χ0) is 10.0. The zero-order valence-electron chi connectivity index (χ0n) is 8.00. The van der Waals surface area contributed by atoms with Crippen LogP contribution >= 0.6 is 0 Å². The van der Waals surface area contributed by atoms with Gasteiger partial charge in [-0.05, 0) is 0 Å². The van der Waals surface area contributed by atoms with Gasteiger partial charge in [-0.2, -0.15) is 0 Å². The van der Waals surface area contributed by atoms with E-state index in [0.29, 0.717) is 32.3 Å². The van der Waals surface area contributed by atoms with Crippen LogP contribution in [0.3, 0.4) is 0 Å². The third-order valence-electron chi connectivity index (χ3n) is 2.29. The SMILES string of the molecule is COCCN=C1NC(=O)C2(COC2)N1. The summed E-state index contributed by atoms with van der Waals surface area (Å²) in [6.45, 7) is 1.92. The Morgan fingerprint density at radius 1 is 1.64 bits per heavy atom. The average molecular weight is 199 g/mol. The molecular weight excluding hydrogens is 186 g/mol. The quantitative estimate of drug-likeness (QED) is 0.541. The summed E-state index contributed by atoms with van der Waals surface area (Å²) in [7, 11) is 1.61. The number of hydrogen-bond donors (Lipinski definition) is 2. The Hall–Kier alpha value is -1.14. The van der Waals surface area contributed by atoms with Crippen LogP contribution < -0.4 is 10.6 Å². The fourth-order valence-corrected chi connectivity index (χ4v) is 1.38. The Balaban J connectivity index is 1.92. The number of methoxy groups -OCH3 is 1. The molecule has 6 nitrogen and oxygen atoms in total. The number of carbonyl (C=O) groups excluding carboxylic acids is 1. The van der Waals surface area contributed by atoms with E-state index in [1.54, 1.807) is 7.11 Å². The standard InChI is InChI=1S/C8H13N3O3/c1-13-3-2-9-7-10-6(12)8(11-7)4-14-5-8/h2-5H2,1H3,(H2,9,10,11,12). The first-order valence-corrected chi connectivity index (χ1v) is 4.48. The van der Waals surface area contributed by atoms with Gasteiger partial charge >= 0.3 is 0 Å². The number of rotatable bonds is 3. The number of amides is 1. The van der Waals surface area contributed by atoms with Crippen LogP contribution in [0, 0.1) is 0 Å². The Morgan fingerprint density at radius 2 is 2.43 bits per heavy atom. The number of hydrogen-bond acceptors (Lipinski definition) is 4. The topological polar surface area (TPSA) is 72.0 Å². The smallest absolute Gasteiger partial charge is 0.257 e. The van der Waals surface area contributed by atoms with E-state index in [-0.39, 0.29) is 5.91 Å². The highest BCUT2D eigenvalue weighted by atomic mass is 16.5. The molecule has 2 fully saturated rings. The van der Waals surface area contributed by atoms with E-state index in [9.17, 15) is 4.79 Å². The Labute approximate surface area is 81.7 Å². The molecule has 1 amide bonds. The average Bonchev–Trinajstić information content (AvgIpc) is 2.42. The molecule has 2 saturated heterocycles. The first-order valence-electron chi connectivity index (χ1n) is 4.48. The van der Waals surface area contributed by atoms with E-state index < -0.39 is 5.54 Å². The summed E-state index contributed by atoms with van der Waals surface area (Å²) < 4.78 is 9.85. The van der Waals surface area contributed by atoms with Crippen molar-refractivity contribution >= 4 is 11.9 Å². The number of carbonyl (C=O) groups is 1. The second-order valence-corrected chi connectivity index (χ2v) is 3.38. The van der Waals surface area contributed by atoms with Gasteiger partial charge < -0.3 is 14.8 Å². The van der Waals surface area contributed by atoms with Crippen LogP contribution in [0.2, 0.25) is 0 Å². The van der Waals surface area contributed by atoms with Gasteiger partial charge in [0, 0.05) is 7.11 Å². The normalized spacial score (nSPS) is 26.1. The van der Waals surface area contributed by atoms with Crippen LogP contribution in [0.15, 0.2) is 4.99 Å². The lowest BCUT2D eigenvalue weighted by Gasteiger charge is -2.34. The molecule has 0 radical (unpaired) electrons. The number of nitrogens with zero attached hydrogens (tertiary/aromatic N) is 1. The van der Waals surface area contributed by atoms with Crippen LogP contribution in [0.4, 0.5) is 0 Å². The Kier molecular flexibility index (Phi) is 2.39. The van der Waals surface area contributed by atoms with E-state index in [1.165, 1.54) is 0 Å². The van der Waals surface area contributed by atoms with Crippen molar-refractivity contribution in [1.29, 1.82) is 0 Å². The van der Waals surface area contributed by atoms with Gasteiger partial charge in [-0.15, -0.1) is 0 Å². The predicted molar refractivity (Wildman–Crippen MR) is 49.0 cm³/mol. The van der Waals surface area contributed by atoms with Crippen molar-refractivity contribution < 1.29 is 14.3 Å². The summed E-state index contributed by atoms with van der Waals surface area (Å²) in [6, 6.07) is 0. The van der Waals surface area contributed by atoms with E-state index in [4.69, 9.17) is 9.47 Å². The molecule has 2 N–H and O–H groups in total. The second-order valence-electron chi connectivity index (χ2n) is 3.38. The van der Waals surface area contributed by atoms with Crippen LogP contribution in [-0.2, 0) is 14.3 Å². The maximum Gasteiger partial charge on any atom is 0.257 e. The predicted octanol–water partition coefficient (Wildman–Crippen LogP) is -1.52. The molecule has 0 aromatic carbocycles. The highest BCUT2D eigenvalue weighted by Gasteiger charge is 2.51. The van der Waals surface area contributed by atoms with Crippen molar-refractivity contribution in [2.24, 2.45) is 4.99 Å². The molecule has 2 aliphatic heterocycles. The van der Waals surface area contributed by atoms with Crippen molar-refractivity contribution in [3.05, 3.63) is 0 Å². The Bertz CT molecular complexity index is 273. The lowest BCUT2D eigenvalue weighted by atomic mass is 9.99. The van der Waals surface area contributed by atoms with Crippen LogP contribution in [0.25, 0.3) is 0 Å². The first kappa shape index (κ1) is 9.42. The maximum atomic E-state index is 11.5. The molecule has 0 saturated carbocycles. The molecular formula is C8H13N3O3. The zero-order valence-corrected chi connectivity index (χ0v) is 8.00. The van der Waals surface area contributed by atoms with Crippen molar-refractivity contribution in [3.63, 3.8) is 0 Å². The summed E-state index contributed by atoms with van der Waals surface area (Å²) in [5, 5.41) is 5.69. The molecule has 2 aliphatic rings. The van der Waals surface area contributed by atoms with E-state index in [0.717, 1.165) is 0 Å². The summed E-state index contributed by atoms with van der Waals surface area (Å²) in [5.74, 6) is 0.468. The molecule has 2 heterocycles. The van der Waals surface area contributed by atoms with Crippen LogP contribution in [0.1, 0.15) is 0 Å². The summed E-state index contributed by atoms with van der Waals surface area (Å²) in [6.07, 6.45) is 0. The lowest BCUT2D eigenvalue weighted by Crippen LogP contribution is -2.62. The van der Waals surface area contributed by atoms with Gasteiger partial charge in [-0.3, -0.25) is 15.1 Å². The van der Waals surface area contributed by atoms with Crippen molar-refractivity contribution in [1.82, 2.24) is 10.6 Å². The van der Waals surface area contributed by atoms with Crippen molar-refractivity contribution in [2.45, 2.75) is 5.54 Å². The van der Waals surface area contributed by atoms with Gasteiger partial charge in [0.25, 0.3) is 5.91 Å². The maximum absolute atomic E-state index is 11.5. The molecule has 6 heteroatoms. The minimum atomic E-state index is -0.550. The van der Waals surface area contributed by atoms with Crippen molar-refractivity contribution in [2.75, 3.05) is 33.5 Å². The highest BCUT2D eigenvalue weighted by molar-refractivity contribution is 6.09. The molecule has 0 atom stereocenters. The lowest BCUT2D eigenvalue weighted by molar-refractivity contribution is -0.141. The molecule has 0 aliphatic carbocycles. The van der Waals surface area contributed by atoms with Crippen molar-refractivity contribution in [3.8, 4) is 0 Å². The Morgan fingerprint density at radius 3 is 2.93 bits per heavy atom. The molecule has 78 valence electrons. The number of nitrogens with one attached hydrogen (secondary N) is 2. The summed E-state index contributed by atoms with van der Waals surface area (Å²) >= 11 is 0. The van der Waals surface area contributed by atoms with E-state index in [1.807, 2.05) is 0 Å². The largest absolute Gasteiger partial charge is 0.383 e. The summed E-state index contributed by atoms with van der Waals surface area (Å²) in [5.41, 5.74) is -0.550. The minimum absolute atomic E-state index is 0.0556. The summed E-state index contributed by atoms with van der Waals surface area (Å²) in [4.78, 5) is 15.6. The van der Waals surface area contributed by atoms with E-state index >= 15 is 0 Å². The molecule has 0 aromatic rings. The molecule has 2 rings (SSSR count). The van der Waals surface area contributed by atoms with Crippen LogP contribution in [-0.4, -0.2) is 50.9 Å². The van der Waals surface area contributed by atoms with E-state index in [2.05, 4.69) is 15.6 Å². The highest BCUT2D eigenvalue weighted by Crippen LogP contribution is 2.20. The van der Waals surface area contributed by atoms with Crippen LogP contribution in [0.5, 0.6) is 0 Å². The van der Waals surface area contributed by atoms with Gasteiger partial charge in [-0.1, -0.05) is 0 Å². The molecule has 0 aromatic heterocycles. The molecule has 0 unspecified atom stereocenters. The minimum Gasteiger partial charge on any atom is -0.383 e. The molecule has 14 heavy (non-hydrogen) atoms. The van der Waals surface area contributed by atoms with Gasteiger partial charge in [-0.25, -0.2) is 0 Å². The molecule has 1 spiro atoms. The van der Waals surface area contributed by atoms with Gasteiger partial charge in [0.05, 0.1) is 26.4 Å². The third-order valence-corrected chi connectivity index (χ3v) is 2.29. The fraction of sp³-hybridized carbons (Fsp3) is 0.750. The second kappa shape index (κ2) is 3.55. The van der Waals surface area contributed by atoms with Gasteiger partial charge in [0.2, 0.25) is 0 Å². The monoisotopic (exact) mass is 199 g/mol.